The normalized spacial score (nSPS) is 18.9. The van der Waals surface area contributed by atoms with Crippen LogP contribution in [0.25, 0.3) is 0 Å². The van der Waals surface area contributed by atoms with Gasteiger partial charge in [-0.25, -0.2) is 0 Å². The van der Waals surface area contributed by atoms with E-state index in [9.17, 15) is 14.7 Å². The van der Waals surface area contributed by atoms with E-state index in [1.807, 2.05) is 30.4 Å². The van der Waals surface area contributed by atoms with E-state index in [-0.39, 0.29) is 5.91 Å². The van der Waals surface area contributed by atoms with Gasteiger partial charge in [0, 0.05) is 18.0 Å². The van der Waals surface area contributed by atoms with E-state index in [2.05, 4.69) is 10.3 Å². The van der Waals surface area contributed by atoms with Gasteiger partial charge in [0.2, 0.25) is 5.91 Å². The SMILES string of the molecule is O=C(O)[C@H]1CC=CC[C@H]1C(=O)Nc1cccc(OCc2ccccn2)c1. The van der Waals surface area contributed by atoms with Crippen molar-refractivity contribution in [2.24, 2.45) is 11.8 Å². The third-order valence-electron chi connectivity index (χ3n) is 4.30. The molecule has 0 saturated heterocycles. The molecule has 1 aliphatic rings. The van der Waals surface area contributed by atoms with Crippen LogP contribution in [0.5, 0.6) is 5.75 Å². The molecule has 0 unspecified atom stereocenters. The van der Waals surface area contributed by atoms with Crippen molar-refractivity contribution in [2.45, 2.75) is 19.4 Å². The summed E-state index contributed by atoms with van der Waals surface area (Å²) in [4.78, 5) is 28.1. The number of carboxylic acid groups (broad SMARTS) is 1. The van der Waals surface area contributed by atoms with Gasteiger partial charge in [0.05, 0.1) is 17.5 Å². The highest BCUT2D eigenvalue weighted by Gasteiger charge is 2.33. The Balaban J connectivity index is 1.63. The van der Waals surface area contributed by atoms with E-state index in [1.165, 1.54) is 0 Å². The van der Waals surface area contributed by atoms with Crippen molar-refractivity contribution in [3.8, 4) is 5.75 Å². The summed E-state index contributed by atoms with van der Waals surface area (Å²) in [6, 6.07) is 12.6. The molecule has 3 rings (SSSR count). The Morgan fingerprint density at radius 3 is 2.65 bits per heavy atom. The third-order valence-corrected chi connectivity index (χ3v) is 4.30. The number of carboxylic acids is 1. The molecule has 1 aliphatic carbocycles. The monoisotopic (exact) mass is 352 g/mol. The zero-order valence-electron chi connectivity index (χ0n) is 14.2. The van der Waals surface area contributed by atoms with E-state index in [1.54, 1.807) is 30.5 Å². The Hall–Kier alpha value is -3.15. The van der Waals surface area contributed by atoms with Crippen LogP contribution in [0.4, 0.5) is 5.69 Å². The number of carbonyl (C=O) groups is 2. The number of hydrogen-bond acceptors (Lipinski definition) is 4. The van der Waals surface area contributed by atoms with Crippen LogP contribution in [-0.2, 0) is 16.2 Å². The molecule has 2 aromatic rings. The summed E-state index contributed by atoms with van der Waals surface area (Å²) in [6.07, 6.45) is 6.18. The molecule has 1 amide bonds. The van der Waals surface area contributed by atoms with Gasteiger partial charge in [0.15, 0.2) is 0 Å². The van der Waals surface area contributed by atoms with E-state index in [0.717, 1.165) is 5.69 Å². The van der Waals surface area contributed by atoms with E-state index in [0.29, 0.717) is 30.9 Å². The van der Waals surface area contributed by atoms with Gasteiger partial charge in [-0.2, -0.15) is 0 Å². The van der Waals surface area contributed by atoms with E-state index >= 15 is 0 Å². The Labute approximate surface area is 151 Å². The molecule has 0 aliphatic heterocycles. The second kappa shape index (κ2) is 8.29. The van der Waals surface area contributed by atoms with E-state index < -0.39 is 17.8 Å². The lowest BCUT2D eigenvalue weighted by Gasteiger charge is -2.24. The number of nitrogens with one attached hydrogen (secondary N) is 1. The standard InChI is InChI=1S/C20H20N2O4/c23-19(17-9-1-2-10-18(17)20(24)25)22-14-7-5-8-16(12-14)26-13-15-6-3-4-11-21-15/h1-8,11-12,17-18H,9-10,13H2,(H,22,23)(H,24,25)/t17-,18+/m1/s1. The second-order valence-electron chi connectivity index (χ2n) is 6.12. The van der Waals surface area contributed by atoms with Crippen LogP contribution >= 0.6 is 0 Å². The lowest BCUT2D eigenvalue weighted by Crippen LogP contribution is -2.34. The maximum atomic E-state index is 12.5. The highest BCUT2D eigenvalue weighted by Crippen LogP contribution is 2.28. The quantitative estimate of drug-likeness (QED) is 0.779. The molecule has 1 heterocycles. The van der Waals surface area contributed by atoms with Gasteiger partial charge in [0.25, 0.3) is 0 Å². The molecule has 0 bridgehead atoms. The van der Waals surface area contributed by atoms with Crippen LogP contribution in [0.3, 0.4) is 0 Å². The average Bonchev–Trinajstić information content (AvgIpc) is 2.67. The zero-order chi connectivity index (χ0) is 18.4. The minimum Gasteiger partial charge on any atom is -0.487 e. The topological polar surface area (TPSA) is 88.5 Å². The van der Waals surface area contributed by atoms with Crippen molar-refractivity contribution < 1.29 is 19.4 Å². The van der Waals surface area contributed by atoms with Crippen LogP contribution in [0.15, 0.2) is 60.8 Å². The molecule has 26 heavy (non-hydrogen) atoms. The first kappa shape index (κ1) is 17.7. The van der Waals surface area contributed by atoms with Gasteiger partial charge in [-0.15, -0.1) is 0 Å². The number of aromatic nitrogens is 1. The maximum absolute atomic E-state index is 12.5. The van der Waals surface area contributed by atoms with Crippen LogP contribution < -0.4 is 10.1 Å². The lowest BCUT2D eigenvalue weighted by molar-refractivity contribution is -0.146. The summed E-state index contributed by atoms with van der Waals surface area (Å²) in [5, 5.41) is 12.1. The molecule has 1 aromatic heterocycles. The third kappa shape index (κ3) is 4.47. The van der Waals surface area contributed by atoms with Crippen LogP contribution in [-0.4, -0.2) is 22.0 Å². The number of aliphatic carboxylic acids is 1. The number of ether oxygens (including phenoxy) is 1. The molecule has 0 saturated carbocycles. The molecule has 0 fully saturated rings. The molecular formula is C20H20N2O4. The summed E-state index contributed by atoms with van der Waals surface area (Å²) >= 11 is 0. The minimum atomic E-state index is -0.943. The van der Waals surface area contributed by atoms with Crippen molar-refractivity contribution in [2.75, 3.05) is 5.32 Å². The highest BCUT2D eigenvalue weighted by atomic mass is 16.5. The Morgan fingerprint density at radius 1 is 1.12 bits per heavy atom. The number of anilines is 1. The molecule has 6 heteroatoms. The molecule has 134 valence electrons. The summed E-state index contributed by atoms with van der Waals surface area (Å²) in [7, 11) is 0. The Bertz CT molecular complexity index is 804. The maximum Gasteiger partial charge on any atom is 0.307 e. The van der Waals surface area contributed by atoms with Crippen LogP contribution in [0.2, 0.25) is 0 Å². The summed E-state index contributed by atoms with van der Waals surface area (Å²) in [5.74, 6) is -1.89. The van der Waals surface area contributed by atoms with Crippen molar-refractivity contribution in [3.63, 3.8) is 0 Å². The lowest BCUT2D eigenvalue weighted by atomic mass is 9.82. The molecule has 0 spiro atoms. The number of rotatable bonds is 6. The first-order valence-electron chi connectivity index (χ1n) is 8.45. The van der Waals surface area contributed by atoms with Crippen LogP contribution in [0.1, 0.15) is 18.5 Å². The van der Waals surface area contributed by atoms with Crippen molar-refractivity contribution in [1.82, 2.24) is 4.98 Å². The fourth-order valence-corrected chi connectivity index (χ4v) is 2.92. The number of carbonyl (C=O) groups excluding carboxylic acids is 1. The van der Waals surface area contributed by atoms with Gasteiger partial charge >= 0.3 is 5.97 Å². The average molecular weight is 352 g/mol. The predicted molar refractivity (Wildman–Crippen MR) is 96.6 cm³/mol. The van der Waals surface area contributed by atoms with E-state index in [4.69, 9.17) is 4.74 Å². The second-order valence-corrected chi connectivity index (χ2v) is 6.12. The van der Waals surface area contributed by atoms with Gasteiger partial charge in [0.1, 0.15) is 12.4 Å². The highest BCUT2D eigenvalue weighted by molar-refractivity contribution is 5.95. The summed E-state index contributed by atoms with van der Waals surface area (Å²) in [5.41, 5.74) is 1.38. The number of allylic oxidation sites excluding steroid dienone is 2. The zero-order valence-corrected chi connectivity index (χ0v) is 14.2. The molecule has 6 nitrogen and oxygen atoms in total. The van der Waals surface area contributed by atoms with Gasteiger partial charge in [-0.3, -0.25) is 14.6 Å². The van der Waals surface area contributed by atoms with Gasteiger partial charge < -0.3 is 15.2 Å². The first-order chi connectivity index (χ1) is 12.6. The van der Waals surface area contributed by atoms with Crippen molar-refractivity contribution in [1.29, 1.82) is 0 Å². The minimum absolute atomic E-state index is 0.288. The number of amides is 1. The molecule has 1 aromatic carbocycles. The fraction of sp³-hybridized carbons (Fsp3) is 0.250. The van der Waals surface area contributed by atoms with Gasteiger partial charge in [-0.05, 0) is 37.1 Å². The fourth-order valence-electron chi connectivity index (χ4n) is 2.92. The molecule has 0 radical (unpaired) electrons. The summed E-state index contributed by atoms with van der Waals surface area (Å²) in [6.45, 7) is 0.326. The Morgan fingerprint density at radius 2 is 1.92 bits per heavy atom. The van der Waals surface area contributed by atoms with Crippen LogP contribution in [0, 0.1) is 11.8 Å². The Kier molecular flexibility index (Phi) is 5.63. The molecular weight excluding hydrogens is 332 g/mol. The largest absolute Gasteiger partial charge is 0.487 e. The van der Waals surface area contributed by atoms with Crippen molar-refractivity contribution >= 4 is 17.6 Å². The number of pyridine rings is 1. The van der Waals surface area contributed by atoms with Gasteiger partial charge in [-0.1, -0.05) is 24.3 Å². The molecule has 2 N–H and O–H groups in total. The number of nitrogens with zero attached hydrogens (tertiary/aromatic N) is 1. The smallest absolute Gasteiger partial charge is 0.307 e. The number of benzene rings is 1. The first-order valence-corrected chi connectivity index (χ1v) is 8.45. The predicted octanol–water partition coefficient (Wildman–Crippen LogP) is 3.27. The number of hydrogen-bond donors (Lipinski definition) is 2. The summed E-state index contributed by atoms with van der Waals surface area (Å²) < 4.78 is 5.70. The molecule has 2 atom stereocenters. The van der Waals surface area contributed by atoms with Crippen molar-refractivity contribution in [3.05, 3.63) is 66.5 Å².